The summed E-state index contributed by atoms with van der Waals surface area (Å²) in [5.41, 5.74) is 1.36. The molecule has 0 amide bonds. The van der Waals surface area contributed by atoms with Crippen molar-refractivity contribution in [3.63, 3.8) is 0 Å². The molecule has 0 unspecified atom stereocenters. The number of hydrogen-bond donors (Lipinski definition) is 0. The molecule has 1 aliphatic heterocycles. The number of carbonyl (C=O) groups excluding carboxylic acids is 1. The molecule has 1 aromatic heterocycles. The van der Waals surface area contributed by atoms with Gasteiger partial charge in [0, 0.05) is 29.5 Å². The number of esters is 1. The van der Waals surface area contributed by atoms with Gasteiger partial charge in [0.2, 0.25) is 0 Å². The Morgan fingerprint density at radius 2 is 2.12 bits per heavy atom. The van der Waals surface area contributed by atoms with Crippen LogP contribution in [0.25, 0.3) is 10.6 Å². The van der Waals surface area contributed by atoms with Crippen LogP contribution in [0.15, 0.2) is 24.4 Å². The fourth-order valence-electron chi connectivity index (χ4n) is 2.62. The van der Waals surface area contributed by atoms with E-state index in [4.69, 9.17) is 14.2 Å². The van der Waals surface area contributed by atoms with Crippen LogP contribution in [-0.2, 0) is 15.9 Å². The Morgan fingerprint density at radius 1 is 1.33 bits per heavy atom. The molecule has 1 fully saturated rings. The molecule has 0 spiro atoms. The highest BCUT2D eigenvalue weighted by Crippen LogP contribution is 2.31. The van der Waals surface area contributed by atoms with Crippen molar-refractivity contribution in [3.8, 4) is 16.3 Å². The van der Waals surface area contributed by atoms with Crippen LogP contribution in [0, 0.1) is 0 Å². The number of rotatable bonds is 5. The van der Waals surface area contributed by atoms with Gasteiger partial charge in [-0.05, 0) is 24.6 Å². The molecule has 5 nitrogen and oxygen atoms in total. The first-order valence-corrected chi connectivity index (χ1v) is 8.94. The van der Waals surface area contributed by atoms with Gasteiger partial charge in [0.1, 0.15) is 16.9 Å². The number of nitrogens with zero attached hydrogens (tertiary/aromatic N) is 1. The van der Waals surface area contributed by atoms with Gasteiger partial charge in [-0.2, -0.15) is 0 Å². The van der Waals surface area contributed by atoms with Crippen molar-refractivity contribution in [1.82, 2.24) is 4.98 Å². The molecule has 2 heterocycles. The predicted molar refractivity (Wildman–Crippen MR) is 92.7 cm³/mol. The predicted octanol–water partition coefficient (Wildman–Crippen LogP) is 3.72. The number of aryl methyl sites for hydroxylation is 1. The monoisotopic (exact) mass is 347 g/mol. The van der Waals surface area contributed by atoms with Gasteiger partial charge >= 0.3 is 5.97 Å². The van der Waals surface area contributed by atoms with Crippen LogP contribution in [0.3, 0.4) is 0 Å². The maximum Gasteiger partial charge on any atom is 0.338 e. The van der Waals surface area contributed by atoms with E-state index in [0.29, 0.717) is 24.5 Å². The van der Waals surface area contributed by atoms with E-state index in [0.717, 1.165) is 29.8 Å². The zero-order chi connectivity index (χ0) is 16.9. The van der Waals surface area contributed by atoms with Gasteiger partial charge in [-0.15, -0.1) is 11.3 Å². The SMILES string of the molecule is CCc1cnc(-c2cc(OC3CCOCC3)cc(C(=O)OC)c2)s1. The number of aromatic nitrogens is 1. The number of thiazole rings is 1. The topological polar surface area (TPSA) is 57.7 Å². The van der Waals surface area contributed by atoms with Gasteiger partial charge in [0.05, 0.1) is 25.9 Å². The quantitative estimate of drug-likeness (QED) is 0.772. The van der Waals surface area contributed by atoms with Gasteiger partial charge in [-0.1, -0.05) is 6.92 Å². The third kappa shape index (κ3) is 3.94. The Labute approximate surface area is 145 Å². The summed E-state index contributed by atoms with van der Waals surface area (Å²) in [5.74, 6) is 0.300. The minimum atomic E-state index is -0.374. The smallest absolute Gasteiger partial charge is 0.338 e. The number of hydrogen-bond acceptors (Lipinski definition) is 6. The van der Waals surface area contributed by atoms with Gasteiger partial charge in [0.15, 0.2) is 0 Å². The Bertz CT molecular complexity index is 707. The lowest BCUT2D eigenvalue weighted by Gasteiger charge is -2.23. The van der Waals surface area contributed by atoms with Crippen molar-refractivity contribution in [2.24, 2.45) is 0 Å². The van der Waals surface area contributed by atoms with E-state index >= 15 is 0 Å². The fraction of sp³-hybridized carbons (Fsp3) is 0.444. The summed E-state index contributed by atoms with van der Waals surface area (Å²) in [6.07, 6.45) is 4.65. The lowest BCUT2D eigenvalue weighted by molar-refractivity contribution is 0.0254. The van der Waals surface area contributed by atoms with E-state index < -0.39 is 0 Å². The van der Waals surface area contributed by atoms with Crippen molar-refractivity contribution >= 4 is 17.3 Å². The zero-order valence-corrected chi connectivity index (χ0v) is 14.7. The highest BCUT2D eigenvalue weighted by molar-refractivity contribution is 7.15. The van der Waals surface area contributed by atoms with Crippen molar-refractivity contribution in [2.75, 3.05) is 20.3 Å². The Hall–Kier alpha value is -1.92. The van der Waals surface area contributed by atoms with E-state index in [-0.39, 0.29) is 12.1 Å². The normalized spacial score (nSPS) is 15.2. The van der Waals surface area contributed by atoms with Crippen LogP contribution in [0.2, 0.25) is 0 Å². The largest absolute Gasteiger partial charge is 0.490 e. The van der Waals surface area contributed by atoms with Crippen molar-refractivity contribution in [3.05, 3.63) is 34.8 Å². The summed E-state index contributed by atoms with van der Waals surface area (Å²) < 4.78 is 16.3. The van der Waals surface area contributed by atoms with Gasteiger partial charge in [-0.3, -0.25) is 0 Å². The van der Waals surface area contributed by atoms with Crippen molar-refractivity contribution in [1.29, 1.82) is 0 Å². The van der Waals surface area contributed by atoms with Crippen LogP contribution in [0.1, 0.15) is 35.0 Å². The van der Waals surface area contributed by atoms with Crippen LogP contribution in [0.4, 0.5) is 0 Å². The molecule has 3 rings (SSSR count). The molecule has 0 atom stereocenters. The maximum absolute atomic E-state index is 12.0. The molecule has 24 heavy (non-hydrogen) atoms. The van der Waals surface area contributed by atoms with Crippen LogP contribution in [0.5, 0.6) is 5.75 Å². The summed E-state index contributed by atoms with van der Waals surface area (Å²) in [6, 6.07) is 5.49. The van der Waals surface area contributed by atoms with Crippen molar-refractivity contribution < 1.29 is 19.0 Å². The standard InChI is InChI=1S/C18H21NO4S/c1-3-16-11-19-17(24-16)12-8-13(18(20)21-2)10-15(9-12)23-14-4-6-22-7-5-14/h8-11,14H,3-7H2,1-2H3. The molecule has 0 saturated carbocycles. The van der Waals surface area contributed by atoms with E-state index in [1.54, 1.807) is 23.5 Å². The third-order valence-corrected chi connectivity index (χ3v) is 5.14. The average molecular weight is 347 g/mol. The molecule has 0 radical (unpaired) electrons. The van der Waals surface area contributed by atoms with Crippen molar-refractivity contribution in [2.45, 2.75) is 32.3 Å². The van der Waals surface area contributed by atoms with E-state index in [2.05, 4.69) is 11.9 Å². The fourth-order valence-corrected chi connectivity index (χ4v) is 3.46. The number of carbonyl (C=O) groups is 1. The molecular weight excluding hydrogens is 326 g/mol. The van der Waals surface area contributed by atoms with E-state index in [1.807, 2.05) is 12.3 Å². The summed E-state index contributed by atoms with van der Waals surface area (Å²) in [4.78, 5) is 17.7. The summed E-state index contributed by atoms with van der Waals surface area (Å²) in [6.45, 7) is 3.52. The highest BCUT2D eigenvalue weighted by Gasteiger charge is 2.18. The molecular formula is C18H21NO4S. The van der Waals surface area contributed by atoms with Crippen LogP contribution in [-0.4, -0.2) is 37.4 Å². The Morgan fingerprint density at radius 3 is 2.79 bits per heavy atom. The maximum atomic E-state index is 12.0. The first kappa shape index (κ1) is 16.9. The Kier molecular flexibility index (Phi) is 5.48. The molecule has 1 aliphatic rings. The second-order valence-electron chi connectivity index (χ2n) is 5.65. The zero-order valence-electron chi connectivity index (χ0n) is 13.9. The lowest BCUT2D eigenvalue weighted by atomic mass is 10.1. The third-order valence-electron chi connectivity index (χ3n) is 3.95. The molecule has 0 N–H and O–H groups in total. The summed E-state index contributed by atoms with van der Waals surface area (Å²) >= 11 is 1.63. The number of benzene rings is 1. The molecule has 0 bridgehead atoms. The van der Waals surface area contributed by atoms with Gasteiger partial charge < -0.3 is 14.2 Å². The number of methoxy groups -OCH3 is 1. The second kappa shape index (κ2) is 7.77. The average Bonchev–Trinajstić information content (AvgIpc) is 3.11. The van der Waals surface area contributed by atoms with E-state index in [9.17, 15) is 4.79 Å². The molecule has 0 aliphatic carbocycles. The van der Waals surface area contributed by atoms with E-state index in [1.165, 1.54) is 12.0 Å². The molecule has 1 aromatic carbocycles. The highest BCUT2D eigenvalue weighted by atomic mass is 32.1. The first-order valence-electron chi connectivity index (χ1n) is 8.12. The lowest BCUT2D eigenvalue weighted by Crippen LogP contribution is -2.26. The summed E-state index contributed by atoms with van der Waals surface area (Å²) in [5, 5.41) is 0.884. The number of ether oxygens (including phenoxy) is 3. The second-order valence-corrected chi connectivity index (χ2v) is 6.77. The van der Waals surface area contributed by atoms with Crippen LogP contribution >= 0.6 is 11.3 Å². The molecule has 1 saturated heterocycles. The Balaban J connectivity index is 1.91. The van der Waals surface area contributed by atoms with Crippen LogP contribution < -0.4 is 4.74 Å². The van der Waals surface area contributed by atoms with Gasteiger partial charge in [-0.25, -0.2) is 9.78 Å². The minimum absolute atomic E-state index is 0.113. The minimum Gasteiger partial charge on any atom is -0.490 e. The summed E-state index contributed by atoms with van der Waals surface area (Å²) in [7, 11) is 1.38. The molecule has 6 heteroatoms. The molecule has 2 aromatic rings. The first-order chi connectivity index (χ1) is 11.7. The van der Waals surface area contributed by atoms with Gasteiger partial charge in [0.25, 0.3) is 0 Å². The molecule has 128 valence electrons.